The summed E-state index contributed by atoms with van der Waals surface area (Å²) in [6.07, 6.45) is 0. The lowest BCUT2D eigenvalue weighted by Crippen LogP contribution is -1.81. The Morgan fingerprint density at radius 3 is 2.80 bits per heavy atom. The lowest BCUT2D eigenvalue weighted by atomic mass is 10.2. The molecule has 0 atom stereocenters. The smallest absolute Gasteiger partial charge is 0.143 e. The van der Waals surface area contributed by atoms with Gasteiger partial charge in [-0.15, -0.1) is 10.2 Å². The second-order valence-electron chi connectivity index (χ2n) is 2.97. The Labute approximate surface area is 105 Å². The number of hydrogen-bond donors (Lipinski definition) is 0. The van der Waals surface area contributed by atoms with Crippen LogP contribution in [0, 0.1) is 6.92 Å². The summed E-state index contributed by atoms with van der Waals surface area (Å²) in [5.41, 5.74) is 1.29. The Morgan fingerprint density at radius 1 is 1.33 bits per heavy atom. The van der Waals surface area contributed by atoms with Crippen molar-refractivity contribution >= 4 is 39.0 Å². The minimum absolute atomic E-state index is 0.927. The summed E-state index contributed by atoms with van der Waals surface area (Å²) in [5, 5.41) is 9.08. The molecule has 0 bridgehead atoms. The van der Waals surface area contributed by atoms with E-state index >= 15 is 0 Å². The van der Waals surface area contributed by atoms with Gasteiger partial charge in [0.15, 0.2) is 4.34 Å². The second-order valence-corrected chi connectivity index (χ2v) is 6.23. The number of hydrogen-bond acceptors (Lipinski definition) is 4. The lowest BCUT2D eigenvalue weighted by Gasteiger charge is -2.00. The first-order chi connectivity index (χ1) is 7.25. The zero-order valence-electron chi connectivity index (χ0n) is 8.11. The number of aryl methyl sites for hydroxylation is 1. The molecule has 0 spiro atoms. The van der Waals surface area contributed by atoms with E-state index in [4.69, 9.17) is 0 Å². The van der Waals surface area contributed by atoms with E-state index in [0.29, 0.717) is 0 Å². The van der Waals surface area contributed by atoms with Gasteiger partial charge in [0.05, 0.1) is 0 Å². The van der Waals surface area contributed by atoms with Gasteiger partial charge in [-0.3, -0.25) is 0 Å². The van der Waals surface area contributed by atoms with Crippen LogP contribution in [0.2, 0.25) is 0 Å². The second kappa shape index (κ2) is 5.09. The lowest BCUT2D eigenvalue weighted by molar-refractivity contribution is 0.983. The molecule has 1 heterocycles. The molecule has 2 nitrogen and oxygen atoms in total. The van der Waals surface area contributed by atoms with Gasteiger partial charge in [-0.05, 0) is 18.6 Å². The Kier molecular flexibility index (Phi) is 3.77. The third-order valence-corrected chi connectivity index (χ3v) is 4.61. The number of benzene rings is 1. The van der Waals surface area contributed by atoms with E-state index in [0.717, 1.165) is 19.6 Å². The maximum atomic E-state index is 4.08. The fourth-order valence-electron chi connectivity index (χ4n) is 1.09. The van der Waals surface area contributed by atoms with Gasteiger partial charge in [-0.2, -0.15) is 0 Å². The average molecular weight is 301 g/mol. The summed E-state index contributed by atoms with van der Waals surface area (Å²) in [5.74, 6) is 0.927. The van der Waals surface area contributed by atoms with Crippen LogP contribution in [0.3, 0.4) is 0 Å². The molecule has 2 rings (SSSR count). The molecule has 0 aliphatic carbocycles. The van der Waals surface area contributed by atoms with Gasteiger partial charge in [0.25, 0.3) is 0 Å². The first kappa shape index (κ1) is 11.1. The number of rotatable bonds is 3. The first-order valence-corrected chi connectivity index (χ1v) is 7.01. The fraction of sp³-hybridized carbons (Fsp3) is 0.200. The van der Waals surface area contributed by atoms with Gasteiger partial charge in [-0.25, -0.2) is 0 Å². The molecule has 0 saturated carbocycles. The van der Waals surface area contributed by atoms with Crippen LogP contribution in [-0.4, -0.2) is 10.2 Å². The fourth-order valence-corrected chi connectivity index (χ4v) is 3.52. The van der Waals surface area contributed by atoms with Crippen molar-refractivity contribution in [2.24, 2.45) is 0 Å². The van der Waals surface area contributed by atoms with Crippen LogP contribution in [-0.2, 0) is 5.75 Å². The summed E-state index contributed by atoms with van der Waals surface area (Å²) >= 11 is 6.89. The first-order valence-electron chi connectivity index (χ1n) is 4.42. The van der Waals surface area contributed by atoms with E-state index in [1.165, 1.54) is 5.56 Å². The molecule has 0 saturated heterocycles. The molecule has 0 radical (unpaired) electrons. The van der Waals surface area contributed by atoms with E-state index in [1.807, 2.05) is 19.1 Å². The van der Waals surface area contributed by atoms with Crippen LogP contribution in [0.15, 0.2) is 33.1 Å². The Balaban J connectivity index is 2.02. The van der Waals surface area contributed by atoms with E-state index in [1.54, 1.807) is 23.1 Å². The molecule has 0 aliphatic rings. The van der Waals surface area contributed by atoms with Gasteiger partial charge in [0.2, 0.25) is 0 Å². The highest BCUT2D eigenvalue weighted by Crippen LogP contribution is 2.28. The van der Waals surface area contributed by atoms with Crippen molar-refractivity contribution in [3.63, 3.8) is 0 Å². The highest BCUT2D eigenvalue weighted by atomic mass is 79.9. The van der Waals surface area contributed by atoms with Crippen LogP contribution in [0.4, 0.5) is 0 Å². The third-order valence-electron chi connectivity index (χ3n) is 1.82. The monoisotopic (exact) mass is 300 g/mol. The quantitative estimate of drug-likeness (QED) is 0.804. The van der Waals surface area contributed by atoms with Crippen molar-refractivity contribution in [3.05, 3.63) is 39.3 Å². The summed E-state index contributed by atoms with van der Waals surface area (Å²) in [6, 6.07) is 8.24. The maximum Gasteiger partial charge on any atom is 0.174 e. The molecule has 0 amide bonds. The van der Waals surface area contributed by atoms with Gasteiger partial charge >= 0.3 is 0 Å². The number of halogens is 1. The van der Waals surface area contributed by atoms with E-state index in [2.05, 4.69) is 38.3 Å². The van der Waals surface area contributed by atoms with Crippen molar-refractivity contribution in [2.45, 2.75) is 17.0 Å². The molecular weight excluding hydrogens is 292 g/mol. The predicted molar refractivity (Wildman–Crippen MR) is 68.3 cm³/mol. The standard InChI is InChI=1S/C10H9BrN2S2/c1-7-12-13-10(15-7)14-6-8-4-2-3-5-9(8)11/h2-5H,6H2,1H3. The zero-order valence-corrected chi connectivity index (χ0v) is 11.3. The summed E-state index contributed by atoms with van der Waals surface area (Å²) < 4.78 is 2.18. The minimum Gasteiger partial charge on any atom is -0.143 e. The summed E-state index contributed by atoms with van der Waals surface area (Å²) in [6.45, 7) is 1.97. The predicted octanol–water partition coefficient (Wildman–Crippen LogP) is 3.90. The van der Waals surface area contributed by atoms with Gasteiger partial charge in [0.1, 0.15) is 5.01 Å². The molecule has 0 unspecified atom stereocenters. The molecule has 1 aromatic heterocycles. The van der Waals surface area contributed by atoms with Crippen molar-refractivity contribution in [2.75, 3.05) is 0 Å². The summed E-state index contributed by atoms with van der Waals surface area (Å²) in [7, 11) is 0. The van der Waals surface area contributed by atoms with Crippen LogP contribution < -0.4 is 0 Å². The van der Waals surface area contributed by atoms with Crippen molar-refractivity contribution in [1.82, 2.24) is 10.2 Å². The van der Waals surface area contributed by atoms with E-state index in [-0.39, 0.29) is 0 Å². The highest BCUT2D eigenvalue weighted by Gasteiger charge is 2.03. The molecule has 1 aromatic carbocycles. The topological polar surface area (TPSA) is 25.8 Å². The molecule has 5 heteroatoms. The third kappa shape index (κ3) is 3.03. The Bertz CT molecular complexity index is 456. The van der Waals surface area contributed by atoms with Crippen molar-refractivity contribution < 1.29 is 0 Å². The van der Waals surface area contributed by atoms with Crippen LogP contribution in [0.1, 0.15) is 10.6 Å². The minimum atomic E-state index is 0.927. The van der Waals surface area contributed by atoms with Crippen molar-refractivity contribution in [1.29, 1.82) is 0 Å². The van der Waals surface area contributed by atoms with Crippen LogP contribution in [0.25, 0.3) is 0 Å². The molecule has 78 valence electrons. The number of aromatic nitrogens is 2. The Hall–Kier alpha value is -0.390. The number of nitrogens with zero attached hydrogens (tertiary/aromatic N) is 2. The van der Waals surface area contributed by atoms with E-state index < -0.39 is 0 Å². The largest absolute Gasteiger partial charge is 0.174 e. The molecular formula is C10H9BrN2S2. The molecule has 15 heavy (non-hydrogen) atoms. The molecule has 0 aliphatic heterocycles. The highest BCUT2D eigenvalue weighted by molar-refractivity contribution is 9.10. The van der Waals surface area contributed by atoms with Crippen LogP contribution >= 0.6 is 39.0 Å². The maximum absolute atomic E-state index is 4.08. The molecule has 0 fully saturated rings. The summed E-state index contributed by atoms with van der Waals surface area (Å²) in [4.78, 5) is 0. The Morgan fingerprint density at radius 2 is 2.13 bits per heavy atom. The van der Waals surface area contributed by atoms with E-state index in [9.17, 15) is 0 Å². The van der Waals surface area contributed by atoms with Gasteiger partial charge in [-0.1, -0.05) is 57.2 Å². The SMILES string of the molecule is Cc1nnc(SCc2ccccc2Br)s1. The number of thioether (sulfide) groups is 1. The van der Waals surface area contributed by atoms with Gasteiger partial charge < -0.3 is 0 Å². The van der Waals surface area contributed by atoms with Gasteiger partial charge in [0, 0.05) is 10.2 Å². The van der Waals surface area contributed by atoms with Crippen LogP contribution in [0.5, 0.6) is 0 Å². The molecule has 2 aromatic rings. The van der Waals surface area contributed by atoms with Crippen molar-refractivity contribution in [3.8, 4) is 0 Å². The normalized spacial score (nSPS) is 10.5. The molecule has 0 N–H and O–H groups in total. The average Bonchev–Trinajstić information content (AvgIpc) is 2.63. The zero-order chi connectivity index (χ0) is 10.7.